The Morgan fingerprint density at radius 2 is 1.81 bits per heavy atom. The molecule has 1 aromatic rings. The highest BCUT2D eigenvalue weighted by atomic mass is 35.5. The van der Waals surface area contributed by atoms with Gasteiger partial charge in [0.05, 0.1) is 6.10 Å². The summed E-state index contributed by atoms with van der Waals surface area (Å²) in [4.78, 5) is 0. The second kappa shape index (κ2) is 6.11. The van der Waals surface area contributed by atoms with Crippen LogP contribution in [0.5, 0.6) is 0 Å². The molecule has 1 aromatic carbocycles. The largest absolute Gasteiger partial charge is 0.390 e. The first-order valence-corrected chi connectivity index (χ1v) is 6.43. The molecule has 0 fully saturated rings. The summed E-state index contributed by atoms with van der Waals surface area (Å²) in [5, 5.41) is 10.6. The van der Waals surface area contributed by atoms with Crippen LogP contribution in [0.2, 0.25) is 5.02 Å². The van der Waals surface area contributed by atoms with Crippen LogP contribution >= 0.6 is 34.8 Å². The maximum Gasteiger partial charge on any atom is 0.168 e. The molecule has 0 radical (unpaired) electrons. The van der Waals surface area contributed by atoms with E-state index in [9.17, 15) is 5.11 Å². The van der Waals surface area contributed by atoms with Gasteiger partial charge in [0.25, 0.3) is 0 Å². The van der Waals surface area contributed by atoms with Crippen LogP contribution in [-0.4, -0.2) is 11.2 Å². The van der Waals surface area contributed by atoms with Crippen LogP contribution in [0.4, 0.5) is 0 Å². The van der Waals surface area contributed by atoms with Crippen molar-refractivity contribution in [1.82, 2.24) is 0 Å². The van der Waals surface area contributed by atoms with Crippen LogP contribution in [-0.2, 0) is 4.33 Å². The van der Waals surface area contributed by atoms with Gasteiger partial charge in [0.2, 0.25) is 0 Å². The Morgan fingerprint density at radius 1 is 1.25 bits per heavy atom. The van der Waals surface area contributed by atoms with Crippen molar-refractivity contribution in [2.24, 2.45) is 0 Å². The molecule has 1 unspecified atom stereocenters. The number of rotatable bonds is 5. The monoisotopic (exact) mass is 280 g/mol. The molecule has 0 aliphatic rings. The second-order valence-electron chi connectivity index (χ2n) is 3.79. The molecule has 0 bridgehead atoms. The van der Waals surface area contributed by atoms with E-state index in [-0.39, 0.29) is 0 Å². The maximum absolute atomic E-state index is 9.93. The SMILES string of the molecule is CCCCC(O)C(Cl)(Cl)c1ccc(Cl)cc1. The van der Waals surface area contributed by atoms with Crippen molar-refractivity contribution in [3.63, 3.8) is 0 Å². The molecule has 0 saturated heterocycles. The van der Waals surface area contributed by atoms with Crippen LogP contribution in [0.1, 0.15) is 31.7 Å². The highest BCUT2D eigenvalue weighted by Crippen LogP contribution is 2.39. The summed E-state index contributed by atoms with van der Waals surface area (Å²) in [6, 6.07) is 6.89. The van der Waals surface area contributed by atoms with E-state index in [4.69, 9.17) is 34.8 Å². The first-order chi connectivity index (χ1) is 7.48. The summed E-state index contributed by atoms with van der Waals surface area (Å²) in [6.07, 6.45) is 1.72. The van der Waals surface area contributed by atoms with Crippen LogP contribution in [0.15, 0.2) is 24.3 Å². The van der Waals surface area contributed by atoms with E-state index < -0.39 is 10.4 Å². The number of alkyl halides is 2. The van der Waals surface area contributed by atoms with Crippen LogP contribution in [0.25, 0.3) is 0 Å². The lowest BCUT2D eigenvalue weighted by atomic mass is 10.0. The van der Waals surface area contributed by atoms with Crippen molar-refractivity contribution >= 4 is 34.8 Å². The Hall–Kier alpha value is 0.0500. The quantitative estimate of drug-likeness (QED) is 0.787. The molecule has 4 heteroatoms. The van der Waals surface area contributed by atoms with E-state index in [1.807, 2.05) is 0 Å². The fourth-order valence-electron chi connectivity index (χ4n) is 1.44. The molecule has 0 amide bonds. The zero-order chi connectivity index (χ0) is 12.2. The van der Waals surface area contributed by atoms with Gasteiger partial charge in [-0.05, 0) is 24.1 Å². The molecule has 1 rings (SSSR count). The van der Waals surface area contributed by atoms with E-state index in [1.165, 1.54) is 0 Å². The smallest absolute Gasteiger partial charge is 0.168 e. The number of hydrogen-bond acceptors (Lipinski definition) is 1. The molecule has 16 heavy (non-hydrogen) atoms. The molecular formula is C12H15Cl3O. The number of unbranched alkanes of at least 4 members (excludes halogenated alkanes) is 1. The van der Waals surface area contributed by atoms with Gasteiger partial charge in [-0.25, -0.2) is 0 Å². The topological polar surface area (TPSA) is 20.2 Å². The lowest BCUT2D eigenvalue weighted by Crippen LogP contribution is -2.28. The van der Waals surface area contributed by atoms with Gasteiger partial charge in [-0.1, -0.05) is 66.7 Å². The van der Waals surface area contributed by atoms with Crippen LogP contribution in [0, 0.1) is 0 Å². The first-order valence-electron chi connectivity index (χ1n) is 5.30. The molecule has 1 atom stereocenters. The highest BCUT2D eigenvalue weighted by molar-refractivity contribution is 6.48. The van der Waals surface area contributed by atoms with Gasteiger partial charge in [-0.15, -0.1) is 0 Å². The average molecular weight is 282 g/mol. The standard InChI is InChI=1S/C12H15Cl3O/c1-2-3-4-11(16)12(14,15)9-5-7-10(13)8-6-9/h5-8,11,16H,2-4H2,1H3. The van der Waals surface area contributed by atoms with E-state index in [2.05, 4.69) is 6.92 Å². The molecule has 0 aromatic heterocycles. The van der Waals surface area contributed by atoms with Crippen molar-refractivity contribution < 1.29 is 5.11 Å². The summed E-state index contributed by atoms with van der Waals surface area (Å²) in [6.45, 7) is 2.05. The van der Waals surface area contributed by atoms with Crippen molar-refractivity contribution in [3.8, 4) is 0 Å². The minimum Gasteiger partial charge on any atom is -0.390 e. The zero-order valence-electron chi connectivity index (χ0n) is 9.09. The summed E-state index contributed by atoms with van der Waals surface area (Å²) < 4.78 is -1.26. The number of aliphatic hydroxyl groups excluding tert-OH is 1. The Bertz CT molecular complexity index is 322. The van der Waals surface area contributed by atoms with Crippen molar-refractivity contribution in [2.45, 2.75) is 36.6 Å². The van der Waals surface area contributed by atoms with Gasteiger partial charge >= 0.3 is 0 Å². The van der Waals surface area contributed by atoms with Gasteiger partial charge in [-0.3, -0.25) is 0 Å². The summed E-state index contributed by atoms with van der Waals surface area (Å²) in [7, 11) is 0. The Morgan fingerprint density at radius 3 is 2.31 bits per heavy atom. The van der Waals surface area contributed by atoms with Crippen molar-refractivity contribution in [2.75, 3.05) is 0 Å². The van der Waals surface area contributed by atoms with Crippen molar-refractivity contribution in [1.29, 1.82) is 0 Å². The third-order valence-electron chi connectivity index (χ3n) is 2.48. The molecule has 90 valence electrons. The predicted octanol–water partition coefficient (Wildman–Crippen LogP) is 4.52. The molecular weight excluding hydrogens is 266 g/mol. The van der Waals surface area contributed by atoms with Gasteiger partial charge in [0.15, 0.2) is 4.33 Å². The van der Waals surface area contributed by atoms with Crippen molar-refractivity contribution in [3.05, 3.63) is 34.9 Å². The zero-order valence-corrected chi connectivity index (χ0v) is 11.4. The molecule has 0 heterocycles. The molecule has 0 spiro atoms. The number of aliphatic hydroxyl groups is 1. The minimum atomic E-state index is -1.26. The number of hydrogen-bond donors (Lipinski definition) is 1. The number of benzene rings is 1. The fraction of sp³-hybridized carbons (Fsp3) is 0.500. The second-order valence-corrected chi connectivity index (χ2v) is 5.61. The number of halogens is 3. The lowest BCUT2D eigenvalue weighted by molar-refractivity contribution is 0.142. The Kier molecular flexibility index (Phi) is 5.39. The van der Waals surface area contributed by atoms with Gasteiger partial charge in [0, 0.05) is 5.02 Å². The lowest BCUT2D eigenvalue weighted by Gasteiger charge is -2.26. The molecule has 0 aliphatic heterocycles. The third-order valence-corrected chi connectivity index (χ3v) is 3.67. The summed E-state index contributed by atoms with van der Waals surface area (Å²) in [5.41, 5.74) is 0.670. The first kappa shape index (κ1) is 14.1. The van der Waals surface area contributed by atoms with E-state index in [1.54, 1.807) is 24.3 Å². The minimum absolute atomic E-state index is 0.589. The van der Waals surface area contributed by atoms with E-state index in [0.29, 0.717) is 17.0 Å². The molecule has 0 saturated carbocycles. The van der Waals surface area contributed by atoms with Gasteiger partial charge in [-0.2, -0.15) is 0 Å². The fourth-order valence-corrected chi connectivity index (χ4v) is 2.04. The maximum atomic E-state index is 9.93. The van der Waals surface area contributed by atoms with Gasteiger partial charge in [0.1, 0.15) is 0 Å². The Labute approximate surface area is 111 Å². The normalized spacial score (nSPS) is 13.8. The molecule has 1 N–H and O–H groups in total. The predicted molar refractivity (Wildman–Crippen MR) is 70.4 cm³/mol. The summed E-state index contributed by atoms with van der Waals surface area (Å²) >= 11 is 18.1. The van der Waals surface area contributed by atoms with E-state index in [0.717, 1.165) is 12.8 Å². The van der Waals surface area contributed by atoms with Gasteiger partial charge < -0.3 is 5.11 Å². The van der Waals surface area contributed by atoms with Crippen LogP contribution in [0.3, 0.4) is 0 Å². The van der Waals surface area contributed by atoms with E-state index >= 15 is 0 Å². The molecule has 1 nitrogen and oxygen atoms in total. The Balaban J connectivity index is 2.79. The highest BCUT2D eigenvalue weighted by Gasteiger charge is 2.34. The molecule has 0 aliphatic carbocycles. The average Bonchev–Trinajstić information content (AvgIpc) is 2.26. The summed E-state index contributed by atoms with van der Waals surface area (Å²) in [5.74, 6) is 0. The third kappa shape index (κ3) is 3.53. The van der Waals surface area contributed by atoms with Crippen LogP contribution < -0.4 is 0 Å².